The van der Waals surface area contributed by atoms with Gasteiger partial charge in [0.15, 0.2) is 0 Å². The van der Waals surface area contributed by atoms with Gasteiger partial charge in [-0.3, -0.25) is 14.5 Å². The minimum atomic E-state index is -0.434. The molecule has 1 aliphatic heterocycles. The third-order valence-corrected chi connectivity index (χ3v) is 3.12. The normalized spacial score (nSPS) is 28.7. The molecule has 15 heavy (non-hydrogen) atoms. The van der Waals surface area contributed by atoms with Crippen LogP contribution in [0.1, 0.15) is 19.3 Å². The zero-order valence-corrected chi connectivity index (χ0v) is 8.77. The van der Waals surface area contributed by atoms with Crippen LogP contribution >= 0.6 is 0 Å². The number of carbonyl (C=O) groups excluding carboxylic acids is 2. The Morgan fingerprint density at radius 2 is 2.20 bits per heavy atom. The molecule has 0 aromatic rings. The highest BCUT2D eigenvalue weighted by Crippen LogP contribution is 2.32. The van der Waals surface area contributed by atoms with Gasteiger partial charge in [0.25, 0.3) is 0 Å². The fourth-order valence-corrected chi connectivity index (χ4v) is 1.83. The van der Waals surface area contributed by atoms with Crippen molar-refractivity contribution in [2.45, 2.75) is 31.4 Å². The first kappa shape index (κ1) is 10.6. The molecule has 0 radical (unpaired) electrons. The second-order valence-electron chi connectivity index (χ2n) is 4.36. The maximum absolute atomic E-state index is 11.5. The Labute approximate surface area is 88.4 Å². The number of hydrogen-bond donors (Lipinski definition) is 2. The number of nitrogens with one attached hydrogen (secondary N) is 1. The summed E-state index contributed by atoms with van der Waals surface area (Å²) in [7, 11) is 1.49. The van der Waals surface area contributed by atoms with Gasteiger partial charge in [0.2, 0.25) is 11.8 Å². The number of amides is 2. The molecular formula is C10H16N2O3. The standard InChI is InChI=1S/C10H16N2O3/c1-12-9(14)4-7(10(12)15)11-5-8(13)6-2-3-6/h6-8,11,13H,2-5H2,1H3. The summed E-state index contributed by atoms with van der Waals surface area (Å²) >= 11 is 0. The molecule has 2 aliphatic rings. The number of likely N-dealkylation sites (N-methyl/N-ethyl adjacent to an activating group) is 1. The Balaban J connectivity index is 1.79. The molecule has 2 atom stereocenters. The second-order valence-corrected chi connectivity index (χ2v) is 4.36. The van der Waals surface area contributed by atoms with Crippen molar-refractivity contribution < 1.29 is 14.7 Å². The van der Waals surface area contributed by atoms with Crippen molar-refractivity contribution in [3.8, 4) is 0 Å². The molecular weight excluding hydrogens is 196 g/mol. The van der Waals surface area contributed by atoms with E-state index < -0.39 is 6.04 Å². The number of aliphatic hydroxyl groups excluding tert-OH is 1. The molecule has 0 aromatic heterocycles. The topological polar surface area (TPSA) is 69.6 Å². The van der Waals surface area contributed by atoms with E-state index >= 15 is 0 Å². The predicted octanol–water partition coefficient (Wildman–Crippen LogP) is -0.896. The summed E-state index contributed by atoms with van der Waals surface area (Å²) in [6, 6.07) is -0.434. The van der Waals surface area contributed by atoms with E-state index in [2.05, 4.69) is 5.32 Å². The van der Waals surface area contributed by atoms with Crippen LogP contribution in [0.15, 0.2) is 0 Å². The van der Waals surface area contributed by atoms with Gasteiger partial charge in [-0.15, -0.1) is 0 Å². The Morgan fingerprint density at radius 3 is 2.67 bits per heavy atom. The molecule has 2 N–H and O–H groups in total. The molecule has 2 fully saturated rings. The first-order valence-electron chi connectivity index (χ1n) is 5.31. The van der Waals surface area contributed by atoms with Crippen LogP contribution in [0.4, 0.5) is 0 Å². The SMILES string of the molecule is CN1C(=O)CC(NCC(O)C2CC2)C1=O. The summed E-state index contributed by atoms with van der Waals surface area (Å²) in [5, 5.41) is 12.5. The van der Waals surface area contributed by atoms with Gasteiger partial charge in [-0.25, -0.2) is 0 Å². The zero-order valence-electron chi connectivity index (χ0n) is 8.77. The maximum atomic E-state index is 11.5. The van der Waals surface area contributed by atoms with Crippen LogP contribution in [0.2, 0.25) is 0 Å². The van der Waals surface area contributed by atoms with E-state index in [1.54, 1.807) is 0 Å². The van der Waals surface area contributed by atoms with E-state index in [1.165, 1.54) is 7.05 Å². The van der Waals surface area contributed by atoms with Gasteiger partial charge in [0.1, 0.15) is 0 Å². The van der Waals surface area contributed by atoms with E-state index in [0.717, 1.165) is 17.7 Å². The van der Waals surface area contributed by atoms with Crippen LogP contribution in [0.25, 0.3) is 0 Å². The van der Waals surface area contributed by atoms with E-state index in [-0.39, 0.29) is 24.3 Å². The number of rotatable bonds is 4. The minimum absolute atomic E-state index is 0.154. The molecule has 5 heteroatoms. The summed E-state index contributed by atoms with van der Waals surface area (Å²) < 4.78 is 0. The molecule has 0 spiro atoms. The van der Waals surface area contributed by atoms with Gasteiger partial charge >= 0.3 is 0 Å². The van der Waals surface area contributed by atoms with Crippen LogP contribution in [-0.4, -0.2) is 47.6 Å². The van der Waals surface area contributed by atoms with E-state index in [1.807, 2.05) is 0 Å². The van der Waals surface area contributed by atoms with Gasteiger partial charge < -0.3 is 10.4 Å². The number of hydrogen-bond acceptors (Lipinski definition) is 4. The van der Waals surface area contributed by atoms with Crippen molar-refractivity contribution in [1.29, 1.82) is 0 Å². The van der Waals surface area contributed by atoms with Crippen molar-refractivity contribution in [3.05, 3.63) is 0 Å². The van der Waals surface area contributed by atoms with Crippen LogP contribution in [0, 0.1) is 5.92 Å². The molecule has 5 nitrogen and oxygen atoms in total. The third-order valence-electron chi connectivity index (χ3n) is 3.12. The van der Waals surface area contributed by atoms with Gasteiger partial charge in [-0.1, -0.05) is 0 Å². The van der Waals surface area contributed by atoms with E-state index in [4.69, 9.17) is 0 Å². The van der Waals surface area contributed by atoms with Crippen molar-refractivity contribution >= 4 is 11.8 Å². The number of nitrogens with zero attached hydrogens (tertiary/aromatic N) is 1. The lowest BCUT2D eigenvalue weighted by Gasteiger charge is -2.14. The Morgan fingerprint density at radius 1 is 1.53 bits per heavy atom. The molecule has 2 rings (SSSR count). The molecule has 0 bridgehead atoms. The summed E-state index contributed by atoms with van der Waals surface area (Å²) in [6.07, 6.45) is 1.98. The highest BCUT2D eigenvalue weighted by atomic mass is 16.3. The second kappa shape index (κ2) is 3.90. The summed E-state index contributed by atoms with van der Waals surface area (Å²) in [5.74, 6) is 0.0452. The summed E-state index contributed by atoms with van der Waals surface area (Å²) in [4.78, 5) is 23.8. The monoisotopic (exact) mass is 212 g/mol. The number of likely N-dealkylation sites (tertiary alicyclic amines) is 1. The predicted molar refractivity (Wildman–Crippen MR) is 52.9 cm³/mol. The Hall–Kier alpha value is -0.940. The Kier molecular flexibility index (Phi) is 2.75. The minimum Gasteiger partial charge on any atom is -0.392 e. The largest absolute Gasteiger partial charge is 0.392 e. The van der Waals surface area contributed by atoms with Crippen LogP contribution in [-0.2, 0) is 9.59 Å². The number of aliphatic hydroxyl groups is 1. The molecule has 0 aromatic carbocycles. The van der Waals surface area contributed by atoms with Gasteiger partial charge in [0.05, 0.1) is 18.6 Å². The Bertz CT molecular complexity index is 288. The molecule has 84 valence electrons. The van der Waals surface area contributed by atoms with Gasteiger partial charge in [0, 0.05) is 13.6 Å². The first-order chi connectivity index (χ1) is 7.09. The van der Waals surface area contributed by atoms with E-state index in [0.29, 0.717) is 12.5 Å². The average molecular weight is 212 g/mol. The maximum Gasteiger partial charge on any atom is 0.246 e. The summed E-state index contributed by atoms with van der Waals surface area (Å²) in [6.45, 7) is 0.405. The molecule has 2 unspecified atom stereocenters. The van der Waals surface area contributed by atoms with Crippen LogP contribution in [0.3, 0.4) is 0 Å². The molecule has 1 saturated heterocycles. The number of carbonyl (C=O) groups is 2. The lowest BCUT2D eigenvalue weighted by Crippen LogP contribution is -2.41. The average Bonchev–Trinajstić information content (AvgIpc) is 3.01. The lowest BCUT2D eigenvalue weighted by atomic mass is 10.2. The highest BCUT2D eigenvalue weighted by Gasteiger charge is 2.37. The smallest absolute Gasteiger partial charge is 0.246 e. The van der Waals surface area contributed by atoms with Crippen LogP contribution < -0.4 is 5.32 Å². The molecule has 1 aliphatic carbocycles. The zero-order chi connectivity index (χ0) is 11.0. The van der Waals surface area contributed by atoms with Gasteiger partial charge in [-0.05, 0) is 18.8 Å². The third kappa shape index (κ3) is 2.18. The molecule has 2 amide bonds. The van der Waals surface area contributed by atoms with Crippen molar-refractivity contribution in [2.75, 3.05) is 13.6 Å². The van der Waals surface area contributed by atoms with Crippen molar-refractivity contribution in [2.24, 2.45) is 5.92 Å². The fourth-order valence-electron chi connectivity index (χ4n) is 1.83. The first-order valence-corrected chi connectivity index (χ1v) is 5.31. The van der Waals surface area contributed by atoms with Crippen LogP contribution in [0.5, 0.6) is 0 Å². The molecule has 1 heterocycles. The number of imide groups is 1. The van der Waals surface area contributed by atoms with Crippen molar-refractivity contribution in [3.63, 3.8) is 0 Å². The van der Waals surface area contributed by atoms with Crippen molar-refractivity contribution in [1.82, 2.24) is 10.2 Å². The summed E-state index contributed by atoms with van der Waals surface area (Å²) in [5.41, 5.74) is 0. The fraction of sp³-hybridized carbons (Fsp3) is 0.800. The highest BCUT2D eigenvalue weighted by molar-refractivity contribution is 6.05. The lowest BCUT2D eigenvalue weighted by molar-refractivity contribution is -0.137. The van der Waals surface area contributed by atoms with Gasteiger partial charge in [-0.2, -0.15) is 0 Å². The molecule has 1 saturated carbocycles. The quantitative estimate of drug-likeness (QED) is 0.593. The van der Waals surface area contributed by atoms with E-state index in [9.17, 15) is 14.7 Å².